The van der Waals surface area contributed by atoms with Crippen molar-refractivity contribution in [3.8, 4) is 0 Å². The van der Waals surface area contributed by atoms with Crippen LogP contribution in [0.1, 0.15) is 5.56 Å². The van der Waals surface area contributed by atoms with Crippen molar-refractivity contribution in [3.63, 3.8) is 0 Å². The van der Waals surface area contributed by atoms with E-state index in [9.17, 15) is 14.4 Å². The lowest BCUT2D eigenvalue weighted by Crippen LogP contribution is -2.43. The second-order valence-corrected chi connectivity index (χ2v) is 3.83. The number of rotatable bonds is 6. The third-order valence-corrected chi connectivity index (χ3v) is 2.44. The number of hydrogen-bond acceptors (Lipinski definition) is 4. The van der Waals surface area contributed by atoms with Gasteiger partial charge in [0.05, 0.1) is 0 Å². The second-order valence-electron chi connectivity index (χ2n) is 3.83. The fourth-order valence-electron chi connectivity index (χ4n) is 1.52. The summed E-state index contributed by atoms with van der Waals surface area (Å²) in [7, 11) is 0. The molecule has 19 heavy (non-hydrogen) atoms. The van der Waals surface area contributed by atoms with Gasteiger partial charge in [0.15, 0.2) is 0 Å². The van der Waals surface area contributed by atoms with Gasteiger partial charge < -0.3 is 10.4 Å². The van der Waals surface area contributed by atoms with Crippen molar-refractivity contribution in [1.29, 1.82) is 0 Å². The number of nitrogens with one attached hydrogen (secondary N) is 2. The van der Waals surface area contributed by atoms with Crippen molar-refractivity contribution in [2.75, 3.05) is 6.54 Å². The molecule has 4 N–H and O–H groups in total. The minimum Gasteiger partial charge on any atom is -0.480 e. The van der Waals surface area contributed by atoms with Crippen LogP contribution in [0.25, 0.3) is 0 Å². The summed E-state index contributed by atoms with van der Waals surface area (Å²) in [6.45, 7) is -0.581. The van der Waals surface area contributed by atoms with Crippen molar-refractivity contribution in [2.24, 2.45) is 5.92 Å². The molecule has 0 aliphatic carbocycles. The van der Waals surface area contributed by atoms with E-state index in [4.69, 9.17) is 10.3 Å². The highest BCUT2D eigenvalue weighted by molar-refractivity contribution is 6.00. The average Bonchev–Trinajstić information content (AvgIpc) is 2.42. The number of aliphatic carboxylic acids is 1. The van der Waals surface area contributed by atoms with Crippen LogP contribution in [0.3, 0.4) is 0 Å². The highest BCUT2D eigenvalue weighted by Crippen LogP contribution is 2.09. The standard InChI is InChI=1S/C12H14N2O5/c15-10(16)7-13-11(17)9(12(18)14-19)6-8-4-2-1-3-5-8/h1-5,9,19H,6-7H2,(H,13,17)(H,14,18)(H,15,16). The summed E-state index contributed by atoms with van der Waals surface area (Å²) in [5.74, 6) is -4.03. The Balaban J connectivity index is 2.74. The maximum Gasteiger partial charge on any atom is 0.322 e. The fraction of sp³-hybridized carbons (Fsp3) is 0.250. The SMILES string of the molecule is O=C(O)CNC(=O)C(Cc1ccccc1)C(=O)NO. The quantitative estimate of drug-likeness (QED) is 0.316. The molecule has 0 spiro atoms. The van der Waals surface area contributed by atoms with Crippen molar-refractivity contribution in [3.05, 3.63) is 35.9 Å². The molecule has 2 amide bonds. The van der Waals surface area contributed by atoms with Crippen LogP contribution in [0.4, 0.5) is 0 Å². The number of hydrogen-bond donors (Lipinski definition) is 4. The minimum absolute atomic E-state index is 0.0681. The molecule has 0 saturated carbocycles. The molecule has 0 heterocycles. The molecule has 1 aromatic rings. The molecule has 7 heteroatoms. The van der Waals surface area contributed by atoms with Crippen LogP contribution in [-0.4, -0.2) is 34.6 Å². The van der Waals surface area contributed by atoms with E-state index in [2.05, 4.69) is 5.32 Å². The van der Waals surface area contributed by atoms with E-state index < -0.39 is 30.2 Å². The smallest absolute Gasteiger partial charge is 0.322 e. The zero-order valence-corrected chi connectivity index (χ0v) is 10.00. The Labute approximate surface area is 109 Å². The van der Waals surface area contributed by atoms with Gasteiger partial charge in [-0.25, -0.2) is 5.48 Å². The molecule has 1 atom stereocenters. The Morgan fingerprint density at radius 3 is 2.26 bits per heavy atom. The maximum absolute atomic E-state index is 11.7. The number of carboxylic acids is 1. The van der Waals surface area contributed by atoms with Gasteiger partial charge >= 0.3 is 5.97 Å². The summed E-state index contributed by atoms with van der Waals surface area (Å²) in [4.78, 5) is 33.5. The Bertz CT molecular complexity index is 460. The zero-order valence-electron chi connectivity index (χ0n) is 10.00. The number of benzene rings is 1. The molecular formula is C12H14N2O5. The molecule has 0 aliphatic heterocycles. The van der Waals surface area contributed by atoms with Gasteiger partial charge in [-0.3, -0.25) is 19.6 Å². The molecule has 102 valence electrons. The van der Waals surface area contributed by atoms with Gasteiger partial charge in [0.1, 0.15) is 12.5 Å². The summed E-state index contributed by atoms with van der Waals surface area (Å²) in [6.07, 6.45) is 0.0681. The normalized spacial score (nSPS) is 11.4. The number of amides is 2. The maximum atomic E-state index is 11.7. The molecule has 0 saturated heterocycles. The molecule has 0 fully saturated rings. The van der Waals surface area contributed by atoms with Gasteiger partial charge in [0.2, 0.25) is 5.91 Å². The average molecular weight is 266 g/mol. The number of carboxylic acid groups (broad SMARTS) is 1. The van der Waals surface area contributed by atoms with Crippen LogP contribution in [-0.2, 0) is 20.8 Å². The summed E-state index contributed by atoms with van der Waals surface area (Å²) in [5, 5.41) is 19.2. The van der Waals surface area contributed by atoms with Crippen molar-refractivity contribution >= 4 is 17.8 Å². The molecule has 7 nitrogen and oxygen atoms in total. The predicted octanol–water partition coefficient (Wildman–Crippen LogP) is -0.449. The van der Waals surface area contributed by atoms with E-state index in [0.717, 1.165) is 5.56 Å². The topological polar surface area (TPSA) is 116 Å². The molecule has 0 aromatic heterocycles. The first-order chi connectivity index (χ1) is 9.04. The van der Waals surface area contributed by atoms with Crippen molar-refractivity contribution in [2.45, 2.75) is 6.42 Å². The molecule has 1 rings (SSSR count). The van der Waals surface area contributed by atoms with Crippen LogP contribution < -0.4 is 10.8 Å². The van der Waals surface area contributed by atoms with Crippen LogP contribution in [0, 0.1) is 5.92 Å². The fourth-order valence-corrected chi connectivity index (χ4v) is 1.52. The predicted molar refractivity (Wildman–Crippen MR) is 64.2 cm³/mol. The van der Waals surface area contributed by atoms with Crippen LogP contribution in [0.2, 0.25) is 0 Å². The highest BCUT2D eigenvalue weighted by atomic mass is 16.5. The highest BCUT2D eigenvalue weighted by Gasteiger charge is 2.26. The van der Waals surface area contributed by atoms with E-state index in [1.807, 2.05) is 0 Å². The molecule has 0 aliphatic rings. The van der Waals surface area contributed by atoms with Gasteiger partial charge in [-0.1, -0.05) is 30.3 Å². The van der Waals surface area contributed by atoms with Gasteiger partial charge in [-0.15, -0.1) is 0 Å². The van der Waals surface area contributed by atoms with Gasteiger partial charge in [-0.05, 0) is 12.0 Å². The molecule has 0 bridgehead atoms. The number of hydroxylamine groups is 1. The van der Waals surface area contributed by atoms with E-state index in [-0.39, 0.29) is 6.42 Å². The first-order valence-electron chi connectivity index (χ1n) is 5.52. The van der Waals surface area contributed by atoms with E-state index in [1.165, 1.54) is 5.48 Å². The summed E-state index contributed by atoms with van der Waals surface area (Å²) in [5.41, 5.74) is 2.13. The molecule has 1 unspecified atom stereocenters. The summed E-state index contributed by atoms with van der Waals surface area (Å²) in [6, 6.07) is 8.73. The number of carbonyl (C=O) groups excluding carboxylic acids is 2. The summed E-state index contributed by atoms with van der Waals surface area (Å²) >= 11 is 0. The van der Waals surface area contributed by atoms with E-state index in [0.29, 0.717) is 0 Å². The second kappa shape index (κ2) is 7.12. The summed E-state index contributed by atoms with van der Waals surface area (Å²) < 4.78 is 0. The van der Waals surface area contributed by atoms with Gasteiger partial charge in [-0.2, -0.15) is 0 Å². The van der Waals surface area contributed by atoms with E-state index in [1.54, 1.807) is 30.3 Å². The third-order valence-electron chi connectivity index (χ3n) is 2.44. The molecule has 1 aromatic carbocycles. The first-order valence-corrected chi connectivity index (χ1v) is 5.52. The molecule has 0 radical (unpaired) electrons. The van der Waals surface area contributed by atoms with Crippen LogP contribution in [0.5, 0.6) is 0 Å². The Kier molecular flexibility index (Phi) is 5.49. The lowest BCUT2D eigenvalue weighted by molar-refractivity contribution is -0.143. The van der Waals surface area contributed by atoms with Crippen LogP contribution in [0.15, 0.2) is 30.3 Å². The Morgan fingerprint density at radius 1 is 1.11 bits per heavy atom. The van der Waals surface area contributed by atoms with Crippen LogP contribution >= 0.6 is 0 Å². The van der Waals surface area contributed by atoms with Crippen molar-refractivity contribution < 1.29 is 24.7 Å². The lowest BCUT2D eigenvalue weighted by atomic mass is 9.98. The van der Waals surface area contributed by atoms with Crippen molar-refractivity contribution in [1.82, 2.24) is 10.8 Å². The van der Waals surface area contributed by atoms with Gasteiger partial charge in [0.25, 0.3) is 5.91 Å². The Morgan fingerprint density at radius 2 is 1.74 bits per heavy atom. The largest absolute Gasteiger partial charge is 0.480 e. The van der Waals surface area contributed by atoms with Gasteiger partial charge in [0, 0.05) is 0 Å². The third kappa shape index (κ3) is 4.76. The monoisotopic (exact) mass is 266 g/mol. The minimum atomic E-state index is -1.21. The zero-order chi connectivity index (χ0) is 14.3. The molecular weight excluding hydrogens is 252 g/mol. The Hall–Kier alpha value is -2.41. The van der Waals surface area contributed by atoms with E-state index >= 15 is 0 Å². The lowest BCUT2D eigenvalue weighted by Gasteiger charge is -2.14. The number of carbonyl (C=O) groups is 3. The first kappa shape index (κ1) is 14.7.